The molecule has 0 atom stereocenters. The number of benzene rings is 1. The van der Waals surface area contributed by atoms with E-state index >= 15 is 0 Å². The fourth-order valence-corrected chi connectivity index (χ4v) is 1.52. The van der Waals surface area contributed by atoms with Gasteiger partial charge in [0.2, 0.25) is 0 Å². The lowest BCUT2D eigenvalue weighted by atomic mass is 10.2. The zero-order valence-electron chi connectivity index (χ0n) is 6.95. The van der Waals surface area contributed by atoms with E-state index in [-0.39, 0.29) is 5.56 Å². The van der Waals surface area contributed by atoms with Gasteiger partial charge in [-0.25, -0.2) is 8.78 Å². The molecule has 0 heterocycles. The molecule has 1 aromatic rings. The lowest BCUT2D eigenvalue weighted by Crippen LogP contribution is -2.02. The maximum absolute atomic E-state index is 12.9. The van der Waals surface area contributed by atoms with Crippen LogP contribution < -0.4 is 0 Å². The summed E-state index contributed by atoms with van der Waals surface area (Å²) in [6, 6.07) is 1.47. The molecule has 0 aromatic heterocycles. The molecule has 1 rings (SSSR count). The highest BCUT2D eigenvalue weighted by molar-refractivity contribution is 8.00. The Bertz CT molecular complexity index is 344. The predicted molar refractivity (Wildman–Crippen MR) is 43.0 cm³/mol. The summed E-state index contributed by atoms with van der Waals surface area (Å²) in [5.74, 6) is -1.91. The van der Waals surface area contributed by atoms with Crippen molar-refractivity contribution in [2.24, 2.45) is 0 Å². The summed E-state index contributed by atoms with van der Waals surface area (Å²) >= 11 is -0.647. The molecule has 1 aromatic carbocycles. The van der Waals surface area contributed by atoms with E-state index in [0.717, 1.165) is 13.0 Å². The van der Waals surface area contributed by atoms with Crippen LogP contribution in [-0.4, -0.2) is 5.51 Å². The molecule has 0 saturated heterocycles. The van der Waals surface area contributed by atoms with Gasteiger partial charge in [0.25, 0.3) is 0 Å². The fraction of sp³-hybridized carbons (Fsp3) is 0.250. The van der Waals surface area contributed by atoms with Crippen LogP contribution in [0.1, 0.15) is 5.56 Å². The van der Waals surface area contributed by atoms with Gasteiger partial charge in [-0.05, 0) is 30.8 Å². The monoisotopic (exact) mass is 228 g/mol. The molecule has 0 bridgehead atoms. The van der Waals surface area contributed by atoms with E-state index in [1.165, 1.54) is 0 Å². The summed E-state index contributed by atoms with van der Waals surface area (Å²) in [7, 11) is 0. The van der Waals surface area contributed by atoms with Gasteiger partial charge in [-0.2, -0.15) is 13.2 Å². The lowest BCUT2D eigenvalue weighted by Gasteiger charge is -2.09. The highest BCUT2D eigenvalue weighted by Crippen LogP contribution is 2.40. The molecule has 0 aliphatic rings. The van der Waals surface area contributed by atoms with Gasteiger partial charge in [0, 0.05) is 5.56 Å². The molecule has 0 unspecified atom stereocenters. The SMILES string of the molecule is Cc1c(F)ccc(F)c1SC(F)(F)F. The van der Waals surface area contributed by atoms with E-state index in [1.807, 2.05) is 0 Å². The standard InChI is InChI=1S/C8H5F5S/c1-4-5(9)2-3-6(10)7(4)14-8(11,12)13/h2-3H,1H3. The average molecular weight is 228 g/mol. The highest BCUT2D eigenvalue weighted by Gasteiger charge is 2.32. The minimum atomic E-state index is -4.61. The van der Waals surface area contributed by atoms with Crippen LogP contribution in [0, 0.1) is 18.6 Å². The highest BCUT2D eigenvalue weighted by atomic mass is 32.2. The number of thioether (sulfide) groups is 1. The minimum Gasteiger partial charge on any atom is -0.207 e. The third-order valence-electron chi connectivity index (χ3n) is 1.51. The van der Waals surface area contributed by atoms with Crippen LogP contribution in [0.15, 0.2) is 17.0 Å². The van der Waals surface area contributed by atoms with Crippen molar-refractivity contribution in [3.8, 4) is 0 Å². The Kier molecular flexibility index (Phi) is 3.04. The van der Waals surface area contributed by atoms with Crippen LogP contribution in [-0.2, 0) is 0 Å². The van der Waals surface area contributed by atoms with Gasteiger partial charge in [-0.3, -0.25) is 0 Å². The topological polar surface area (TPSA) is 0 Å². The van der Waals surface area contributed by atoms with Crippen molar-refractivity contribution in [2.75, 3.05) is 0 Å². The molecule has 0 nitrogen and oxygen atoms in total. The molecule has 0 aliphatic carbocycles. The van der Waals surface area contributed by atoms with Crippen LogP contribution in [0.4, 0.5) is 22.0 Å². The number of hydrogen-bond donors (Lipinski definition) is 0. The second-order valence-electron chi connectivity index (χ2n) is 2.53. The zero-order chi connectivity index (χ0) is 10.9. The Balaban J connectivity index is 3.13. The van der Waals surface area contributed by atoms with Gasteiger partial charge in [-0.15, -0.1) is 0 Å². The quantitative estimate of drug-likeness (QED) is 0.519. The van der Waals surface area contributed by atoms with Gasteiger partial charge >= 0.3 is 5.51 Å². The first-order valence-corrected chi connectivity index (χ1v) is 4.33. The molecular weight excluding hydrogens is 223 g/mol. The maximum atomic E-state index is 12.9. The van der Waals surface area contributed by atoms with Crippen molar-refractivity contribution in [3.63, 3.8) is 0 Å². The predicted octanol–water partition coefficient (Wildman–Crippen LogP) is 3.89. The Morgan fingerprint density at radius 1 is 1.07 bits per heavy atom. The molecule has 0 radical (unpaired) electrons. The van der Waals surface area contributed by atoms with Crippen LogP contribution in [0.25, 0.3) is 0 Å². The van der Waals surface area contributed by atoms with Crippen LogP contribution in [0.5, 0.6) is 0 Å². The smallest absolute Gasteiger partial charge is 0.207 e. The fourth-order valence-electron chi connectivity index (χ4n) is 0.876. The van der Waals surface area contributed by atoms with Gasteiger partial charge in [-0.1, -0.05) is 0 Å². The van der Waals surface area contributed by atoms with Crippen molar-refractivity contribution in [3.05, 3.63) is 29.3 Å². The van der Waals surface area contributed by atoms with E-state index in [9.17, 15) is 22.0 Å². The van der Waals surface area contributed by atoms with Crippen molar-refractivity contribution >= 4 is 11.8 Å². The summed E-state index contributed by atoms with van der Waals surface area (Å²) in [5, 5.41) is 0. The summed E-state index contributed by atoms with van der Waals surface area (Å²) < 4.78 is 61.4. The Labute approximate surface area is 81.1 Å². The van der Waals surface area contributed by atoms with Gasteiger partial charge < -0.3 is 0 Å². The first kappa shape index (κ1) is 11.3. The molecule has 0 N–H and O–H groups in total. The van der Waals surface area contributed by atoms with E-state index in [1.54, 1.807) is 0 Å². The zero-order valence-corrected chi connectivity index (χ0v) is 7.77. The number of halogens is 5. The van der Waals surface area contributed by atoms with Gasteiger partial charge in [0.15, 0.2) is 0 Å². The third-order valence-corrected chi connectivity index (χ3v) is 2.45. The lowest BCUT2D eigenvalue weighted by molar-refractivity contribution is -0.0329. The van der Waals surface area contributed by atoms with E-state index < -0.39 is 33.8 Å². The van der Waals surface area contributed by atoms with Crippen LogP contribution >= 0.6 is 11.8 Å². The molecular formula is C8H5F5S. The summed E-state index contributed by atoms with van der Waals surface area (Å²) in [4.78, 5) is -0.711. The summed E-state index contributed by atoms with van der Waals surface area (Å²) in [6.45, 7) is 1.10. The molecule has 0 fully saturated rings. The van der Waals surface area contributed by atoms with Crippen LogP contribution in [0.3, 0.4) is 0 Å². The number of rotatable bonds is 1. The van der Waals surface area contributed by atoms with E-state index in [4.69, 9.17) is 0 Å². The normalized spacial score (nSPS) is 11.9. The minimum absolute atomic E-state index is 0.327. The van der Waals surface area contributed by atoms with Crippen molar-refractivity contribution in [2.45, 2.75) is 17.3 Å². The molecule has 0 saturated carbocycles. The average Bonchev–Trinajstić information content (AvgIpc) is 2.04. The first-order chi connectivity index (χ1) is 6.31. The molecule has 78 valence electrons. The summed E-state index contributed by atoms with van der Waals surface area (Å²) in [6.07, 6.45) is 0. The van der Waals surface area contributed by atoms with Gasteiger partial charge in [0.05, 0.1) is 4.90 Å². The molecule has 0 spiro atoms. The summed E-state index contributed by atoms with van der Waals surface area (Å²) in [5.41, 5.74) is -4.94. The van der Waals surface area contributed by atoms with Crippen molar-refractivity contribution in [1.29, 1.82) is 0 Å². The first-order valence-electron chi connectivity index (χ1n) is 3.51. The Morgan fingerprint density at radius 3 is 2.07 bits per heavy atom. The molecule has 0 amide bonds. The largest absolute Gasteiger partial charge is 0.446 e. The second-order valence-corrected chi connectivity index (χ2v) is 3.61. The van der Waals surface area contributed by atoms with E-state index in [2.05, 4.69) is 0 Å². The molecule has 0 aliphatic heterocycles. The number of hydrogen-bond acceptors (Lipinski definition) is 1. The molecule has 14 heavy (non-hydrogen) atoms. The van der Waals surface area contributed by atoms with Gasteiger partial charge in [0.1, 0.15) is 11.6 Å². The second kappa shape index (κ2) is 3.76. The molecule has 6 heteroatoms. The Hall–Kier alpha value is -0.780. The van der Waals surface area contributed by atoms with Crippen molar-refractivity contribution < 1.29 is 22.0 Å². The Morgan fingerprint density at radius 2 is 1.57 bits per heavy atom. The number of alkyl halides is 3. The third kappa shape index (κ3) is 2.60. The van der Waals surface area contributed by atoms with Crippen LogP contribution in [0.2, 0.25) is 0 Å². The maximum Gasteiger partial charge on any atom is 0.446 e. The van der Waals surface area contributed by atoms with E-state index in [0.29, 0.717) is 6.07 Å². The van der Waals surface area contributed by atoms with Crippen molar-refractivity contribution in [1.82, 2.24) is 0 Å².